The molecule has 1 aliphatic rings. The molecule has 5 nitrogen and oxygen atoms in total. The van der Waals surface area contributed by atoms with Gasteiger partial charge in [-0.05, 0) is 44.2 Å². The highest BCUT2D eigenvalue weighted by Gasteiger charge is 2.29. The Kier molecular flexibility index (Phi) is 6.01. The van der Waals surface area contributed by atoms with E-state index in [4.69, 9.17) is 4.42 Å². The van der Waals surface area contributed by atoms with Gasteiger partial charge in [-0.3, -0.25) is 4.79 Å². The summed E-state index contributed by atoms with van der Waals surface area (Å²) >= 11 is 1.31. The first kappa shape index (κ1) is 19.0. The molecule has 1 heterocycles. The van der Waals surface area contributed by atoms with Gasteiger partial charge in [0.05, 0.1) is 5.25 Å². The van der Waals surface area contributed by atoms with Crippen molar-refractivity contribution in [2.75, 3.05) is 0 Å². The Labute approximate surface area is 159 Å². The summed E-state index contributed by atoms with van der Waals surface area (Å²) in [6, 6.07) is 8.20. The second-order valence-corrected chi connectivity index (χ2v) is 8.67. The Bertz CT molecular complexity index is 744. The predicted octanol–water partition coefficient (Wildman–Crippen LogP) is 4.47. The van der Waals surface area contributed by atoms with Crippen molar-refractivity contribution in [3.05, 3.63) is 29.8 Å². The van der Waals surface area contributed by atoms with E-state index in [1.807, 2.05) is 38.1 Å². The van der Waals surface area contributed by atoms with Crippen molar-refractivity contribution in [1.29, 1.82) is 0 Å². The smallest absolute Gasteiger partial charge is 0.277 e. The van der Waals surface area contributed by atoms with Crippen LogP contribution in [0.25, 0.3) is 11.5 Å². The summed E-state index contributed by atoms with van der Waals surface area (Å²) in [6.45, 7) is 8.42. The van der Waals surface area contributed by atoms with Gasteiger partial charge in [-0.1, -0.05) is 56.1 Å². The first-order valence-corrected chi connectivity index (χ1v) is 10.2. The van der Waals surface area contributed by atoms with Crippen molar-refractivity contribution in [2.45, 2.75) is 63.5 Å². The topological polar surface area (TPSA) is 68.0 Å². The number of aromatic nitrogens is 2. The third kappa shape index (κ3) is 4.47. The summed E-state index contributed by atoms with van der Waals surface area (Å²) in [5, 5.41) is 11.5. The zero-order valence-electron chi connectivity index (χ0n) is 15.9. The summed E-state index contributed by atoms with van der Waals surface area (Å²) in [7, 11) is 0. The van der Waals surface area contributed by atoms with Crippen molar-refractivity contribution < 1.29 is 9.21 Å². The van der Waals surface area contributed by atoms with Crippen molar-refractivity contribution in [2.24, 2.45) is 11.8 Å². The molecule has 0 spiro atoms. The van der Waals surface area contributed by atoms with Crippen LogP contribution < -0.4 is 5.32 Å². The van der Waals surface area contributed by atoms with E-state index in [0.717, 1.165) is 12.0 Å². The van der Waals surface area contributed by atoms with Gasteiger partial charge in [-0.2, -0.15) is 0 Å². The first-order chi connectivity index (χ1) is 12.4. The second-order valence-electron chi connectivity index (χ2n) is 7.38. The lowest BCUT2D eigenvalue weighted by Gasteiger charge is -2.35. The third-order valence-electron chi connectivity index (χ3n) is 5.39. The molecule has 0 radical (unpaired) electrons. The van der Waals surface area contributed by atoms with Crippen LogP contribution in [0.4, 0.5) is 0 Å². The van der Waals surface area contributed by atoms with E-state index in [0.29, 0.717) is 22.9 Å². The van der Waals surface area contributed by atoms with Gasteiger partial charge < -0.3 is 9.73 Å². The molecule has 1 saturated carbocycles. The summed E-state index contributed by atoms with van der Waals surface area (Å²) in [5.41, 5.74) is 2.07. The number of carbonyl (C=O) groups is 1. The Morgan fingerprint density at radius 3 is 2.69 bits per heavy atom. The number of amides is 1. The Morgan fingerprint density at radius 1 is 1.23 bits per heavy atom. The molecule has 3 rings (SSSR count). The summed E-state index contributed by atoms with van der Waals surface area (Å²) in [5.74, 6) is 1.69. The van der Waals surface area contributed by atoms with Crippen LogP contribution in [-0.4, -0.2) is 27.4 Å². The van der Waals surface area contributed by atoms with Crippen LogP contribution in [0.1, 0.15) is 45.6 Å². The molecule has 1 amide bonds. The second kappa shape index (κ2) is 8.25. The van der Waals surface area contributed by atoms with Gasteiger partial charge in [0.1, 0.15) is 0 Å². The zero-order chi connectivity index (χ0) is 18.7. The standard InChI is InChI=1S/C20H27N3O2S/c1-12-8-10-16(11-9-12)19-22-23-20(25-19)26-15(4)18(24)21-17-7-5-6-13(2)14(17)3/h8-11,13-15,17H,5-7H2,1-4H3,(H,21,24)/t13-,14-,15-,17-/m0/s1. The highest BCUT2D eigenvalue weighted by Crippen LogP contribution is 2.30. The fourth-order valence-corrected chi connectivity index (χ4v) is 4.05. The summed E-state index contributed by atoms with van der Waals surface area (Å²) in [6.07, 6.45) is 3.50. The molecule has 2 aromatic rings. The van der Waals surface area contributed by atoms with E-state index < -0.39 is 0 Å². The summed E-state index contributed by atoms with van der Waals surface area (Å²) < 4.78 is 5.72. The van der Waals surface area contributed by atoms with E-state index in [2.05, 4.69) is 29.4 Å². The quantitative estimate of drug-likeness (QED) is 0.783. The van der Waals surface area contributed by atoms with Gasteiger partial charge in [-0.15, -0.1) is 10.2 Å². The van der Waals surface area contributed by atoms with Gasteiger partial charge in [-0.25, -0.2) is 0 Å². The molecule has 1 aliphatic carbocycles. The number of rotatable bonds is 5. The molecule has 1 aromatic carbocycles. The number of carbonyl (C=O) groups excluding carboxylic acids is 1. The minimum Gasteiger partial charge on any atom is -0.411 e. The molecule has 26 heavy (non-hydrogen) atoms. The maximum absolute atomic E-state index is 12.6. The van der Waals surface area contributed by atoms with Crippen LogP contribution >= 0.6 is 11.8 Å². The maximum Gasteiger partial charge on any atom is 0.277 e. The van der Waals surface area contributed by atoms with Gasteiger partial charge in [0.15, 0.2) is 0 Å². The molecule has 4 atom stereocenters. The van der Waals surface area contributed by atoms with E-state index >= 15 is 0 Å². The summed E-state index contributed by atoms with van der Waals surface area (Å²) in [4.78, 5) is 12.6. The van der Waals surface area contributed by atoms with Gasteiger partial charge >= 0.3 is 0 Å². The molecule has 0 bridgehead atoms. The molecule has 0 saturated heterocycles. The fraction of sp³-hybridized carbons (Fsp3) is 0.550. The molecule has 0 unspecified atom stereocenters. The number of nitrogens with one attached hydrogen (secondary N) is 1. The number of hydrogen-bond donors (Lipinski definition) is 1. The lowest BCUT2D eigenvalue weighted by molar-refractivity contribution is -0.121. The average molecular weight is 374 g/mol. The molecule has 1 N–H and O–H groups in total. The Morgan fingerprint density at radius 2 is 1.96 bits per heavy atom. The van der Waals surface area contributed by atoms with Crippen LogP contribution in [0.15, 0.2) is 33.9 Å². The lowest BCUT2D eigenvalue weighted by atomic mass is 9.78. The molecule has 1 aromatic heterocycles. The van der Waals surface area contributed by atoms with Gasteiger partial charge in [0.2, 0.25) is 11.8 Å². The third-order valence-corrected chi connectivity index (χ3v) is 6.32. The van der Waals surface area contributed by atoms with Crippen molar-refractivity contribution >= 4 is 17.7 Å². The van der Waals surface area contributed by atoms with Crippen LogP contribution in [0.3, 0.4) is 0 Å². The Balaban J connectivity index is 1.58. The van der Waals surface area contributed by atoms with Crippen LogP contribution in [0.5, 0.6) is 0 Å². The van der Waals surface area contributed by atoms with Crippen molar-refractivity contribution in [3.8, 4) is 11.5 Å². The van der Waals surface area contributed by atoms with Crippen LogP contribution in [0.2, 0.25) is 0 Å². The SMILES string of the molecule is Cc1ccc(-c2nnc(S[C@@H](C)C(=O)N[C@H]3CCC[C@H](C)[C@@H]3C)o2)cc1. The van der Waals surface area contributed by atoms with Crippen LogP contribution in [-0.2, 0) is 4.79 Å². The van der Waals surface area contributed by atoms with Crippen LogP contribution in [0, 0.1) is 18.8 Å². The van der Waals surface area contributed by atoms with Gasteiger partial charge in [0.25, 0.3) is 5.22 Å². The van der Waals surface area contributed by atoms with Crippen molar-refractivity contribution in [3.63, 3.8) is 0 Å². The first-order valence-electron chi connectivity index (χ1n) is 9.31. The number of hydrogen-bond acceptors (Lipinski definition) is 5. The predicted molar refractivity (Wildman–Crippen MR) is 104 cm³/mol. The molecule has 6 heteroatoms. The highest BCUT2D eigenvalue weighted by atomic mass is 32.2. The average Bonchev–Trinajstić information content (AvgIpc) is 3.08. The van der Waals surface area contributed by atoms with Crippen molar-refractivity contribution in [1.82, 2.24) is 15.5 Å². The number of thioether (sulfide) groups is 1. The number of nitrogens with zero attached hydrogens (tertiary/aromatic N) is 2. The zero-order valence-corrected chi connectivity index (χ0v) is 16.7. The molecular weight excluding hydrogens is 346 g/mol. The molecule has 140 valence electrons. The maximum atomic E-state index is 12.6. The van der Waals surface area contributed by atoms with E-state index in [1.54, 1.807) is 0 Å². The van der Waals surface area contributed by atoms with Gasteiger partial charge in [0, 0.05) is 11.6 Å². The fourth-order valence-electron chi connectivity index (χ4n) is 3.36. The molecule has 0 aliphatic heterocycles. The van der Waals surface area contributed by atoms with E-state index in [-0.39, 0.29) is 17.2 Å². The minimum atomic E-state index is -0.272. The van der Waals surface area contributed by atoms with E-state index in [9.17, 15) is 4.79 Å². The number of benzene rings is 1. The Hall–Kier alpha value is -1.82. The lowest BCUT2D eigenvalue weighted by Crippen LogP contribution is -2.46. The monoisotopic (exact) mass is 373 g/mol. The number of aryl methyl sites for hydroxylation is 1. The molecular formula is C20H27N3O2S. The molecule has 1 fully saturated rings. The largest absolute Gasteiger partial charge is 0.411 e. The minimum absolute atomic E-state index is 0.0380. The normalized spacial score (nSPS) is 24.2. The highest BCUT2D eigenvalue weighted by molar-refractivity contribution is 8.00. The van der Waals surface area contributed by atoms with E-state index in [1.165, 1.54) is 30.2 Å².